The molecule has 118 valence electrons. The van der Waals surface area contributed by atoms with Gasteiger partial charge in [-0.1, -0.05) is 17.7 Å². The maximum atomic E-state index is 12.1. The number of hydrogen-bond donors (Lipinski definition) is 3. The van der Waals surface area contributed by atoms with E-state index >= 15 is 0 Å². The molecular weight excluding hydrogens is 451 g/mol. The van der Waals surface area contributed by atoms with Crippen LogP contribution in [0.25, 0.3) is 0 Å². The van der Waals surface area contributed by atoms with Crippen molar-refractivity contribution in [3.63, 3.8) is 0 Å². The number of carboxylic acids is 1. The van der Waals surface area contributed by atoms with Crippen LogP contribution in [0.1, 0.15) is 20.7 Å². The fourth-order valence-corrected chi connectivity index (χ4v) is 2.62. The van der Waals surface area contributed by atoms with E-state index in [4.69, 9.17) is 28.9 Å². The van der Waals surface area contributed by atoms with Crippen LogP contribution in [0.4, 0.5) is 5.69 Å². The molecule has 0 unspecified atom stereocenters. The topological polar surface area (TPSA) is 78.4 Å². The van der Waals surface area contributed by atoms with Gasteiger partial charge in [-0.05, 0) is 71.2 Å². The molecule has 0 heterocycles. The zero-order valence-corrected chi connectivity index (χ0v) is 15.2. The Morgan fingerprint density at radius 2 is 1.87 bits per heavy atom. The van der Waals surface area contributed by atoms with Crippen molar-refractivity contribution in [1.82, 2.24) is 5.32 Å². The van der Waals surface area contributed by atoms with Crippen LogP contribution in [-0.2, 0) is 0 Å². The standard InChI is InChI=1S/C15H10ClIN2O3S/c16-11-5-4-9(14(21)22)7-12(11)18-15(23)19-13(20)8-2-1-3-10(17)6-8/h1-7H,(H,21,22)(H2,18,19,20,23). The third kappa shape index (κ3) is 4.88. The highest BCUT2D eigenvalue weighted by Crippen LogP contribution is 2.23. The van der Waals surface area contributed by atoms with Gasteiger partial charge in [0.2, 0.25) is 0 Å². The van der Waals surface area contributed by atoms with Crippen molar-refractivity contribution < 1.29 is 14.7 Å². The third-order valence-electron chi connectivity index (χ3n) is 2.78. The second kappa shape index (κ2) is 7.71. The number of hydrogen-bond acceptors (Lipinski definition) is 3. The normalized spacial score (nSPS) is 10.0. The molecule has 8 heteroatoms. The van der Waals surface area contributed by atoms with E-state index in [2.05, 4.69) is 33.2 Å². The van der Waals surface area contributed by atoms with Gasteiger partial charge in [-0.3, -0.25) is 10.1 Å². The Kier molecular flexibility index (Phi) is 5.91. The number of benzene rings is 2. The lowest BCUT2D eigenvalue weighted by Crippen LogP contribution is -2.34. The van der Waals surface area contributed by atoms with Crippen molar-refractivity contribution in [1.29, 1.82) is 0 Å². The number of anilines is 1. The molecule has 0 bridgehead atoms. The summed E-state index contributed by atoms with van der Waals surface area (Å²) in [5.74, 6) is -1.45. The minimum absolute atomic E-state index is 0.0262. The smallest absolute Gasteiger partial charge is 0.335 e. The summed E-state index contributed by atoms with van der Waals surface area (Å²) in [6.07, 6.45) is 0. The van der Waals surface area contributed by atoms with Gasteiger partial charge in [0.15, 0.2) is 5.11 Å². The van der Waals surface area contributed by atoms with Crippen molar-refractivity contribution >= 4 is 69.1 Å². The molecule has 1 amide bonds. The SMILES string of the molecule is O=C(O)c1ccc(Cl)c(NC(=S)NC(=O)c2cccc(I)c2)c1. The van der Waals surface area contributed by atoms with Crippen LogP contribution >= 0.6 is 46.4 Å². The van der Waals surface area contributed by atoms with E-state index in [1.807, 2.05) is 6.07 Å². The minimum Gasteiger partial charge on any atom is -0.478 e. The van der Waals surface area contributed by atoms with Crippen LogP contribution in [0.15, 0.2) is 42.5 Å². The van der Waals surface area contributed by atoms with Crippen molar-refractivity contribution in [2.75, 3.05) is 5.32 Å². The summed E-state index contributed by atoms with van der Waals surface area (Å²) in [7, 11) is 0. The first-order valence-corrected chi connectivity index (χ1v) is 8.14. The van der Waals surface area contributed by atoms with Crippen LogP contribution in [-0.4, -0.2) is 22.1 Å². The molecule has 0 saturated carbocycles. The molecule has 2 aromatic carbocycles. The first-order valence-electron chi connectivity index (χ1n) is 6.27. The number of rotatable bonds is 3. The lowest BCUT2D eigenvalue weighted by Gasteiger charge is -2.11. The average molecular weight is 461 g/mol. The zero-order valence-electron chi connectivity index (χ0n) is 11.5. The maximum Gasteiger partial charge on any atom is 0.335 e. The van der Waals surface area contributed by atoms with Gasteiger partial charge in [0.1, 0.15) is 0 Å². The summed E-state index contributed by atoms with van der Waals surface area (Å²) in [6.45, 7) is 0. The van der Waals surface area contributed by atoms with Crippen molar-refractivity contribution in [2.24, 2.45) is 0 Å². The highest BCUT2D eigenvalue weighted by molar-refractivity contribution is 14.1. The van der Waals surface area contributed by atoms with E-state index in [0.29, 0.717) is 16.3 Å². The molecule has 0 aromatic heterocycles. The minimum atomic E-state index is -1.08. The number of thiocarbonyl (C=S) groups is 1. The summed E-state index contributed by atoms with van der Waals surface area (Å²) in [4.78, 5) is 23.1. The molecule has 0 aliphatic carbocycles. The molecular formula is C15H10ClIN2O3S. The molecule has 2 rings (SSSR count). The van der Waals surface area contributed by atoms with E-state index in [9.17, 15) is 9.59 Å². The second-order valence-corrected chi connectivity index (χ2v) is 6.48. The van der Waals surface area contributed by atoms with Gasteiger partial charge in [-0.15, -0.1) is 0 Å². The van der Waals surface area contributed by atoms with E-state index in [-0.39, 0.29) is 16.6 Å². The Bertz CT molecular complexity index is 798. The first-order chi connectivity index (χ1) is 10.9. The van der Waals surface area contributed by atoms with Crippen LogP contribution in [0.5, 0.6) is 0 Å². The van der Waals surface area contributed by atoms with Gasteiger partial charge in [0.25, 0.3) is 5.91 Å². The van der Waals surface area contributed by atoms with E-state index in [1.54, 1.807) is 18.2 Å². The number of amides is 1. The number of carboxylic acid groups (broad SMARTS) is 1. The van der Waals surface area contributed by atoms with Gasteiger partial charge in [0.05, 0.1) is 16.3 Å². The van der Waals surface area contributed by atoms with E-state index < -0.39 is 5.97 Å². The molecule has 0 fully saturated rings. The van der Waals surface area contributed by atoms with Crippen molar-refractivity contribution in [2.45, 2.75) is 0 Å². The summed E-state index contributed by atoms with van der Waals surface area (Å²) in [5.41, 5.74) is 0.828. The maximum absolute atomic E-state index is 12.1. The van der Waals surface area contributed by atoms with Gasteiger partial charge in [-0.25, -0.2) is 4.79 Å². The third-order valence-corrected chi connectivity index (χ3v) is 3.98. The average Bonchev–Trinajstić information content (AvgIpc) is 2.49. The lowest BCUT2D eigenvalue weighted by atomic mass is 10.2. The summed E-state index contributed by atoms with van der Waals surface area (Å²) in [6, 6.07) is 11.2. The molecule has 0 saturated heterocycles. The monoisotopic (exact) mass is 460 g/mol. The van der Waals surface area contributed by atoms with Crippen LogP contribution in [0, 0.1) is 3.57 Å². The molecule has 23 heavy (non-hydrogen) atoms. The summed E-state index contributed by atoms with van der Waals surface area (Å²) in [5, 5.41) is 14.5. The molecule has 5 nitrogen and oxygen atoms in total. The molecule has 0 radical (unpaired) electrons. The van der Waals surface area contributed by atoms with E-state index in [1.165, 1.54) is 18.2 Å². The Labute approximate surface area is 156 Å². The van der Waals surface area contributed by atoms with Gasteiger partial charge < -0.3 is 10.4 Å². The summed E-state index contributed by atoms with van der Waals surface area (Å²) >= 11 is 13.2. The Balaban J connectivity index is 2.09. The fraction of sp³-hybridized carbons (Fsp3) is 0. The number of carbonyl (C=O) groups is 2. The second-order valence-electron chi connectivity index (χ2n) is 4.42. The van der Waals surface area contributed by atoms with Crippen LogP contribution < -0.4 is 10.6 Å². The highest BCUT2D eigenvalue weighted by Gasteiger charge is 2.11. The zero-order chi connectivity index (χ0) is 17.0. The van der Waals surface area contributed by atoms with Crippen molar-refractivity contribution in [3.05, 3.63) is 62.2 Å². The van der Waals surface area contributed by atoms with E-state index in [0.717, 1.165) is 3.57 Å². The predicted octanol–water partition coefficient (Wildman–Crippen LogP) is 3.77. The molecule has 0 aliphatic heterocycles. The Morgan fingerprint density at radius 3 is 2.52 bits per heavy atom. The molecule has 0 aliphatic rings. The Hall–Kier alpha value is -1.71. The molecule has 0 spiro atoms. The van der Waals surface area contributed by atoms with Gasteiger partial charge >= 0.3 is 5.97 Å². The quantitative estimate of drug-likeness (QED) is 0.480. The predicted molar refractivity (Wildman–Crippen MR) is 101 cm³/mol. The van der Waals surface area contributed by atoms with Gasteiger partial charge in [0, 0.05) is 9.13 Å². The Morgan fingerprint density at radius 1 is 1.13 bits per heavy atom. The number of nitrogens with one attached hydrogen (secondary N) is 2. The van der Waals surface area contributed by atoms with Crippen LogP contribution in [0.3, 0.4) is 0 Å². The fourth-order valence-electron chi connectivity index (χ4n) is 1.71. The first kappa shape index (κ1) is 17.6. The number of carbonyl (C=O) groups excluding carboxylic acids is 1. The van der Waals surface area contributed by atoms with Crippen LogP contribution in [0.2, 0.25) is 5.02 Å². The summed E-state index contributed by atoms with van der Waals surface area (Å²) < 4.78 is 0.923. The van der Waals surface area contributed by atoms with Gasteiger partial charge in [-0.2, -0.15) is 0 Å². The number of aromatic carboxylic acids is 1. The lowest BCUT2D eigenvalue weighted by molar-refractivity contribution is 0.0696. The molecule has 2 aromatic rings. The molecule has 3 N–H and O–H groups in total. The molecule has 0 atom stereocenters. The number of halogens is 2. The highest BCUT2D eigenvalue weighted by atomic mass is 127. The largest absolute Gasteiger partial charge is 0.478 e. The van der Waals surface area contributed by atoms with Crippen molar-refractivity contribution in [3.8, 4) is 0 Å².